The molecule has 0 atom stereocenters. The van der Waals surface area contributed by atoms with E-state index in [2.05, 4.69) is 0 Å². The summed E-state index contributed by atoms with van der Waals surface area (Å²) < 4.78 is 118. The molecular formula is C16H10Cl2F7NO2S. The third kappa shape index (κ3) is 4.41. The number of aryl methyl sites for hydroxylation is 1. The lowest BCUT2D eigenvalue weighted by Gasteiger charge is -2.30. The maximum Gasteiger partial charge on any atom is 0.435 e. The number of sulfonamides is 1. The van der Waals surface area contributed by atoms with Crippen molar-refractivity contribution >= 4 is 38.9 Å². The van der Waals surface area contributed by atoms with Crippen molar-refractivity contribution in [3.05, 3.63) is 57.6 Å². The van der Waals surface area contributed by atoms with Crippen LogP contribution >= 0.6 is 23.2 Å². The van der Waals surface area contributed by atoms with Gasteiger partial charge in [0.2, 0.25) is 0 Å². The topological polar surface area (TPSA) is 46.2 Å². The van der Waals surface area contributed by atoms with Crippen molar-refractivity contribution in [2.45, 2.75) is 29.8 Å². The molecule has 0 aliphatic rings. The number of rotatable bonds is 4. The van der Waals surface area contributed by atoms with Crippen LogP contribution in [0.5, 0.6) is 0 Å². The lowest BCUT2D eigenvalue weighted by atomic mass is 9.94. The second kappa shape index (κ2) is 7.51. The van der Waals surface area contributed by atoms with Gasteiger partial charge in [0.05, 0.1) is 20.6 Å². The summed E-state index contributed by atoms with van der Waals surface area (Å²) in [5, 5.41) is -1.92. The molecule has 2 aromatic rings. The molecule has 29 heavy (non-hydrogen) atoms. The van der Waals surface area contributed by atoms with Gasteiger partial charge in [-0.1, -0.05) is 40.9 Å². The number of benzene rings is 2. The Balaban J connectivity index is 2.56. The molecule has 0 saturated carbocycles. The van der Waals surface area contributed by atoms with Crippen molar-refractivity contribution in [3.8, 4) is 0 Å². The van der Waals surface area contributed by atoms with Gasteiger partial charge in [0.15, 0.2) is 0 Å². The Kier molecular flexibility index (Phi) is 6.10. The van der Waals surface area contributed by atoms with Gasteiger partial charge in [-0.25, -0.2) is 12.8 Å². The van der Waals surface area contributed by atoms with E-state index in [0.29, 0.717) is 0 Å². The fraction of sp³-hybridized carbons (Fsp3) is 0.250. The lowest BCUT2D eigenvalue weighted by molar-refractivity contribution is -0.348. The number of nitrogens with one attached hydrogen (secondary N) is 1. The Morgan fingerprint density at radius 2 is 1.24 bits per heavy atom. The molecule has 0 aliphatic carbocycles. The van der Waals surface area contributed by atoms with Crippen LogP contribution in [0.3, 0.4) is 0 Å². The predicted octanol–water partition coefficient (Wildman–Crippen LogP) is 6.39. The van der Waals surface area contributed by atoms with Gasteiger partial charge in [-0.15, -0.1) is 0 Å². The first kappa shape index (κ1) is 23.6. The summed E-state index contributed by atoms with van der Waals surface area (Å²) in [4.78, 5) is -0.273. The van der Waals surface area contributed by atoms with Crippen LogP contribution in [0.2, 0.25) is 10.0 Å². The summed E-state index contributed by atoms with van der Waals surface area (Å²) in [7, 11) is -4.34. The van der Waals surface area contributed by atoms with Crippen LogP contribution in [0.1, 0.15) is 11.1 Å². The molecule has 0 radical (unpaired) electrons. The van der Waals surface area contributed by atoms with E-state index < -0.39 is 49.3 Å². The standard InChI is InChI=1S/C16H10Cl2F7NO2S/c1-8-2-4-10(5-3-8)29(27,28)26-13-11(17)6-9(7-12(13)18)14(19,15(20,21)22)16(23,24)25/h2-7,26H,1H3. The van der Waals surface area contributed by atoms with Crippen LogP contribution in [-0.2, 0) is 15.7 Å². The average Bonchev–Trinajstić information content (AvgIpc) is 2.55. The number of halogens is 9. The summed E-state index contributed by atoms with van der Waals surface area (Å²) in [5.74, 6) is 0. The van der Waals surface area contributed by atoms with Crippen molar-refractivity contribution in [1.82, 2.24) is 0 Å². The lowest BCUT2D eigenvalue weighted by Crippen LogP contribution is -2.50. The minimum Gasteiger partial charge on any atom is -0.277 e. The van der Waals surface area contributed by atoms with Gasteiger partial charge in [-0.2, -0.15) is 26.3 Å². The highest BCUT2D eigenvalue weighted by atomic mass is 35.5. The molecule has 3 nitrogen and oxygen atoms in total. The van der Waals surface area contributed by atoms with Gasteiger partial charge in [0, 0.05) is 5.56 Å². The fourth-order valence-corrected chi connectivity index (χ4v) is 4.06. The van der Waals surface area contributed by atoms with E-state index in [-0.39, 0.29) is 17.0 Å². The highest BCUT2D eigenvalue weighted by Gasteiger charge is 2.73. The Hall–Kier alpha value is -1.72. The molecule has 0 spiro atoms. The van der Waals surface area contributed by atoms with E-state index in [9.17, 15) is 39.2 Å². The van der Waals surface area contributed by atoms with Crippen molar-refractivity contribution in [2.75, 3.05) is 4.72 Å². The minimum atomic E-state index is -6.37. The number of hydrogen-bond acceptors (Lipinski definition) is 2. The summed E-state index contributed by atoms with van der Waals surface area (Å²) >= 11 is 11.3. The molecule has 0 aliphatic heterocycles. The second-order valence-electron chi connectivity index (χ2n) is 5.89. The maximum atomic E-state index is 14.2. The van der Waals surface area contributed by atoms with E-state index >= 15 is 0 Å². The van der Waals surface area contributed by atoms with E-state index in [1.165, 1.54) is 24.3 Å². The molecule has 2 rings (SSSR count). The molecule has 0 heterocycles. The molecule has 0 fully saturated rings. The molecule has 0 bridgehead atoms. The second-order valence-corrected chi connectivity index (χ2v) is 8.38. The summed E-state index contributed by atoms with van der Waals surface area (Å²) in [6.45, 7) is 1.68. The van der Waals surface area contributed by atoms with Gasteiger partial charge >= 0.3 is 18.0 Å². The van der Waals surface area contributed by atoms with Gasteiger partial charge < -0.3 is 0 Å². The zero-order valence-electron chi connectivity index (χ0n) is 14.1. The molecule has 0 aromatic heterocycles. The third-order valence-corrected chi connectivity index (χ3v) is 5.75. The first-order chi connectivity index (χ1) is 13.0. The summed E-state index contributed by atoms with van der Waals surface area (Å²) in [6, 6.07) is 5.33. The fourth-order valence-electron chi connectivity index (χ4n) is 2.27. The quantitative estimate of drug-likeness (QED) is 0.512. The molecule has 0 unspecified atom stereocenters. The maximum absolute atomic E-state index is 14.2. The van der Waals surface area contributed by atoms with Crippen LogP contribution < -0.4 is 4.72 Å². The summed E-state index contributed by atoms with van der Waals surface area (Å²) in [6.07, 6.45) is -12.7. The normalized spacial score (nSPS) is 13.4. The van der Waals surface area contributed by atoms with Crippen LogP contribution in [0.4, 0.5) is 36.4 Å². The summed E-state index contributed by atoms with van der Waals surface area (Å²) in [5.41, 5.74) is -7.68. The van der Waals surface area contributed by atoms with E-state index in [1.54, 1.807) is 6.92 Å². The van der Waals surface area contributed by atoms with Crippen molar-refractivity contribution < 1.29 is 39.2 Å². The smallest absolute Gasteiger partial charge is 0.277 e. The van der Waals surface area contributed by atoms with Gasteiger partial charge in [0.1, 0.15) is 0 Å². The van der Waals surface area contributed by atoms with E-state index in [0.717, 1.165) is 5.56 Å². The molecule has 160 valence electrons. The Bertz CT molecular complexity index is 982. The van der Waals surface area contributed by atoms with Crippen molar-refractivity contribution in [3.63, 3.8) is 0 Å². The molecule has 2 aromatic carbocycles. The SMILES string of the molecule is Cc1ccc(S(=O)(=O)Nc2c(Cl)cc(C(F)(C(F)(F)F)C(F)(F)F)cc2Cl)cc1. The van der Waals surface area contributed by atoms with E-state index in [4.69, 9.17) is 23.2 Å². The zero-order valence-corrected chi connectivity index (χ0v) is 16.4. The monoisotopic (exact) mass is 483 g/mol. The third-order valence-electron chi connectivity index (χ3n) is 3.79. The molecule has 13 heteroatoms. The minimum absolute atomic E-state index is 0.0153. The largest absolute Gasteiger partial charge is 0.435 e. The Morgan fingerprint density at radius 3 is 1.62 bits per heavy atom. The van der Waals surface area contributed by atoms with Crippen molar-refractivity contribution in [1.29, 1.82) is 0 Å². The van der Waals surface area contributed by atoms with Gasteiger partial charge in [0.25, 0.3) is 10.0 Å². The molecule has 0 amide bonds. The molecular weight excluding hydrogens is 474 g/mol. The van der Waals surface area contributed by atoms with E-state index in [1.807, 2.05) is 4.72 Å². The average molecular weight is 484 g/mol. The predicted molar refractivity (Wildman–Crippen MR) is 93.3 cm³/mol. The first-order valence-electron chi connectivity index (χ1n) is 7.42. The van der Waals surface area contributed by atoms with Crippen LogP contribution in [0, 0.1) is 6.92 Å². The van der Waals surface area contributed by atoms with Crippen LogP contribution in [-0.4, -0.2) is 20.8 Å². The van der Waals surface area contributed by atoms with Gasteiger partial charge in [-0.3, -0.25) is 4.72 Å². The number of alkyl halides is 7. The zero-order chi connectivity index (χ0) is 22.4. The van der Waals surface area contributed by atoms with Crippen LogP contribution in [0.25, 0.3) is 0 Å². The van der Waals surface area contributed by atoms with Crippen molar-refractivity contribution in [2.24, 2.45) is 0 Å². The number of hydrogen-bond donors (Lipinski definition) is 1. The Labute approximate surface area is 170 Å². The highest BCUT2D eigenvalue weighted by Crippen LogP contribution is 2.54. The molecule has 0 saturated heterocycles. The number of anilines is 1. The first-order valence-corrected chi connectivity index (χ1v) is 9.66. The molecule has 1 N–H and O–H groups in total. The van der Waals surface area contributed by atoms with Gasteiger partial charge in [-0.05, 0) is 31.2 Å². The Morgan fingerprint density at radius 1 is 0.828 bits per heavy atom. The highest BCUT2D eigenvalue weighted by molar-refractivity contribution is 7.92. The van der Waals surface area contributed by atoms with Crippen LogP contribution in [0.15, 0.2) is 41.3 Å².